The van der Waals surface area contributed by atoms with Crippen LogP contribution in [0.5, 0.6) is 0 Å². The van der Waals surface area contributed by atoms with Crippen LogP contribution in [-0.2, 0) is 6.42 Å². The first-order valence-corrected chi connectivity index (χ1v) is 6.83. The minimum atomic E-state index is -0.886. The molecule has 0 bridgehead atoms. The number of fused-ring (bicyclic) bond motifs is 1. The van der Waals surface area contributed by atoms with E-state index in [1.165, 1.54) is 17.7 Å². The summed E-state index contributed by atoms with van der Waals surface area (Å²) in [7, 11) is 2.12. The second-order valence-electron chi connectivity index (χ2n) is 5.25. The first kappa shape index (κ1) is 12.7. The van der Waals surface area contributed by atoms with Crippen LogP contribution < -0.4 is 4.90 Å². The van der Waals surface area contributed by atoms with Gasteiger partial charge in [0.2, 0.25) is 0 Å². The summed E-state index contributed by atoms with van der Waals surface area (Å²) in [5, 5.41) is 8.93. The monoisotopic (exact) mass is 267 g/mol. The molecule has 3 heteroatoms. The Balaban J connectivity index is 1.96. The SMILES string of the molecule is CN1CCCc2cc(-c3ccc(C(=O)O)cc3)ccc21. The van der Waals surface area contributed by atoms with Crippen molar-refractivity contribution in [1.82, 2.24) is 0 Å². The minimum Gasteiger partial charge on any atom is -0.478 e. The van der Waals surface area contributed by atoms with Crippen LogP contribution in [0.15, 0.2) is 42.5 Å². The van der Waals surface area contributed by atoms with Crippen LogP contribution in [0.3, 0.4) is 0 Å². The molecule has 2 aromatic carbocycles. The molecule has 102 valence electrons. The normalized spacial score (nSPS) is 13.9. The van der Waals surface area contributed by atoms with Gasteiger partial charge >= 0.3 is 5.97 Å². The van der Waals surface area contributed by atoms with Gasteiger partial charge in [0.05, 0.1) is 5.56 Å². The maximum Gasteiger partial charge on any atom is 0.335 e. The third kappa shape index (κ3) is 2.27. The number of carboxylic acids is 1. The van der Waals surface area contributed by atoms with Gasteiger partial charge < -0.3 is 10.0 Å². The van der Waals surface area contributed by atoms with Crippen molar-refractivity contribution in [3.8, 4) is 11.1 Å². The summed E-state index contributed by atoms with van der Waals surface area (Å²) in [5.41, 5.74) is 5.22. The van der Waals surface area contributed by atoms with Crippen LogP contribution in [0.4, 0.5) is 5.69 Å². The summed E-state index contributed by atoms with van der Waals surface area (Å²) in [6, 6.07) is 13.5. The second kappa shape index (κ2) is 5.00. The van der Waals surface area contributed by atoms with Gasteiger partial charge in [0.25, 0.3) is 0 Å². The van der Waals surface area contributed by atoms with Gasteiger partial charge in [0, 0.05) is 19.3 Å². The van der Waals surface area contributed by atoms with E-state index in [1.807, 2.05) is 12.1 Å². The van der Waals surface area contributed by atoms with Crippen molar-refractivity contribution in [2.45, 2.75) is 12.8 Å². The highest BCUT2D eigenvalue weighted by molar-refractivity contribution is 5.88. The largest absolute Gasteiger partial charge is 0.478 e. The Bertz CT molecular complexity index is 647. The van der Waals surface area contributed by atoms with Gasteiger partial charge in [-0.1, -0.05) is 18.2 Å². The van der Waals surface area contributed by atoms with E-state index in [-0.39, 0.29) is 0 Å². The van der Waals surface area contributed by atoms with Gasteiger partial charge in [-0.05, 0) is 53.8 Å². The molecule has 3 rings (SSSR count). The highest BCUT2D eigenvalue weighted by atomic mass is 16.4. The fourth-order valence-electron chi connectivity index (χ4n) is 2.77. The number of anilines is 1. The first-order chi connectivity index (χ1) is 9.65. The number of hydrogen-bond acceptors (Lipinski definition) is 2. The zero-order valence-electron chi connectivity index (χ0n) is 11.5. The van der Waals surface area contributed by atoms with Crippen molar-refractivity contribution >= 4 is 11.7 Å². The van der Waals surface area contributed by atoms with Crippen LogP contribution in [0.2, 0.25) is 0 Å². The van der Waals surface area contributed by atoms with Gasteiger partial charge in [-0.15, -0.1) is 0 Å². The number of aryl methyl sites for hydroxylation is 1. The standard InChI is InChI=1S/C17H17NO2/c1-18-10-2-3-15-11-14(8-9-16(15)18)12-4-6-13(7-5-12)17(19)20/h4-9,11H,2-3,10H2,1H3,(H,19,20). The first-order valence-electron chi connectivity index (χ1n) is 6.83. The number of aromatic carboxylic acids is 1. The number of carbonyl (C=O) groups is 1. The van der Waals surface area contributed by atoms with Crippen molar-refractivity contribution in [1.29, 1.82) is 0 Å². The Kier molecular flexibility index (Phi) is 3.18. The molecule has 20 heavy (non-hydrogen) atoms. The van der Waals surface area contributed by atoms with E-state index in [9.17, 15) is 4.79 Å². The smallest absolute Gasteiger partial charge is 0.335 e. The molecule has 0 amide bonds. The molecule has 3 nitrogen and oxygen atoms in total. The lowest BCUT2D eigenvalue weighted by molar-refractivity contribution is 0.0697. The number of hydrogen-bond donors (Lipinski definition) is 1. The van der Waals surface area contributed by atoms with E-state index in [1.54, 1.807) is 12.1 Å². The molecule has 0 aliphatic carbocycles. The van der Waals surface area contributed by atoms with Crippen LogP contribution >= 0.6 is 0 Å². The lowest BCUT2D eigenvalue weighted by Gasteiger charge is -2.27. The second-order valence-corrected chi connectivity index (χ2v) is 5.25. The molecule has 0 saturated carbocycles. The summed E-state index contributed by atoms with van der Waals surface area (Å²) in [5.74, 6) is -0.886. The number of benzene rings is 2. The molecule has 0 radical (unpaired) electrons. The molecule has 1 aliphatic heterocycles. The third-order valence-electron chi connectivity index (χ3n) is 3.90. The maximum atomic E-state index is 10.9. The van der Waals surface area contributed by atoms with E-state index in [0.29, 0.717) is 5.56 Å². The van der Waals surface area contributed by atoms with Crippen molar-refractivity contribution < 1.29 is 9.90 Å². The molecule has 1 aliphatic rings. The topological polar surface area (TPSA) is 40.5 Å². The molecule has 2 aromatic rings. The van der Waals surface area contributed by atoms with Crippen LogP contribution in [0.1, 0.15) is 22.3 Å². The van der Waals surface area contributed by atoms with Gasteiger partial charge in [-0.3, -0.25) is 0 Å². The quantitative estimate of drug-likeness (QED) is 0.906. The van der Waals surface area contributed by atoms with Gasteiger partial charge in [0.15, 0.2) is 0 Å². The molecule has 0 fully saturated rings. The molecule has 1 heterocycles. The summed E-state index contributed by atoms with van der Waals surface area (Å²) in [6.07, 6.45) is 2.30. The third-order valence-corrected chi connectivity index (χ3v) is 3.90. The highest BCUT2D eigenvalue weighted by Crippen LogP contribution is 2.30. The van der Waals surface area contributed by atoms with Crippen molar-refractivity contribution in [3.63, 3.8) is 0 Å². The summed E-state index contributed by atoms with van der Waals surface area (Å²) >= 11 is 0. The Hall–Kier alpha value is -2.29. The Morgan fingerprint density at radius 2 is 1.80 bits per heavy atom. The van der Waals surface area contributed by atoms with Crippen molar-refractivity contribution in [2.75, 3.05) is 18.5 Å². The lowest BCUT2D eigenvalue weighted by Crippen LogP contribution is -2.24. The average molecular weight is 267 g/mol. The number of rotatable bonds is 2. The van der Waals surface area contributed by atoms with Crippen LogP contribution in [0.25, 0.3) is 11.1 Å². The van der Waals surface area contributed by atoms with E-state index in [0.717, 1.165) is 24.1 Å². The molecular formula is C17H17NO2. The average Bonchev–Trinajstić information content (AvgIpc) is 2.47. The van der Waals surface area contributed by atoms with Crippen molar-refractivity contribution in [2.24, 2.45) is 0 Å². The predicted octanol–water partition coefficient (Wildman–Crippen LogP) is 3.43. The Morgan fingerprint density at radius 3 is 2.50 bits per heavy atom. The molecule has 0 spiro atoms. The molecule has 0 saturated heterocycles. The lowest BCUT2D eigenvalue weighted by atomic mass is 9.96. The molecule has 0 unspecified atom stereocenters. The minimum absolute atomic E-state index is 0.325. The highest BCUT2D eigenvalue weighted by Gasteiger charge is 2.14. The summed E-state index contributed by atoms with van der Waals surface area (Å²) in [6.45, 7) is 1.11. The van der Waals surface area contributed by atoms with Crippen molar-refractivity contribution in [3.05, 3.63) is 53.6 Å². The number of nitrogens with zero attached hydrogens (tertiary/aromatic N) is 1. The van der Waals surface area contributed by atoms with Gasteiger partial charge in [0.1, 0.15) is 0 Å². The fourth-order valence-corrected chi connectivity index (χ4v) is 2.77. The molecule has 1 N–H and O–H groups in total. The zero-order valence-corrected chi connectivity index (χ0v) is 11.5. The van der Waals surface area contributed by atoms with E-state index >= 15 is 0 Å². The van der Waals surface area contributed by atoms with E-state index in [4.69, 9.17) is 5.11 Å². The predicted molar refractivity (Wildman–Crippen MR) is 80.4 cm³/mol. The zero-order chi connectivity index (χ0) is 14.1. The van der Waals surface area contributed by atoms with Crippen LogP contribution in [0, 0.1) is 0 Å². The number of carboxylic acid groups (broad SMARTS) is 1. The van der Waals surface area contributed by atoms with Gasteiger partial charge in [-0.25, -0.2) is 4.79 Å². The molecule has 0 aromatic heterocycles. The fraction of sp³-hybridized carbons (Fsp3) is 0.235. The van der Waals surface area contributed by atoms with E-state index in [2.05, 4.69) is 30.1 Å². The van der Waals surface area contributed by atoms with E-state index < -0.39 is 5.97 Å². The summed E-state index contributed by atoms with van der Waals surface area (Å²) in [4.78, 5) is 13.2. The van der Waals surface area contributed by atoms with Crippen LogP contribution in [-0.4, -0.2) is 24.7 Å². The Morgan fingerprint density at radius 1 is 1.10 bits per heavy atom. The summed E-state index contributed by atoms with van der Waals surface area (Å²) < 4.78 is 0. The molecular weight excluding hydrogens is 250 g/mol. The Labute approximate surface area is 118 Å². The molecule has 0 atom stereocenters. The maximum absolute atomic E-state index is 10.9. The van der Waals surface area contributed by atoms with Gasteiger partial charge in [-0.2, -0.15) is 0 Å².